The molecule has 4 rings (SSSR count). The topological polar surface area (TPSA) is 21.7 Å². The Balaban J connectivity index is 1.13. The fraction of sp³-hybridized carbons (Fsp3) is 0.739. The first-order chi connectivity index (χ1) is 12.9. The van der Waals surface area contributed by atoms with Gasteiger partial charge in [0.25, 0.3) is 0 Å². The highest BCUT2D eigenvalue weighted by atomic mass is 16.5. The van der Waals surface area contributed by atoms with Crippen LogP contribution in [0.5, 0.6) is 0 Å². The van der Waals surface area contributed by atoms with Crippen LogP contribution in [0.1, 0.15) is 62.8 Å². The van der Waals surface area contributed by atoms with Crippen molar-refractivity contribution in [2.45, 2.75) is 69.5 Å². The standard InChI is InChI=1S/C23H35NO2/c1-2-5-20(6-3-1)21-10-8-19(9-11-21)17-24-14-12-22(13-15-24)26-18-23-7-4-16-25-23/h1-3,5-6,19,21-23H,4,7-18H2/t19?,21?,23-/m0/s1. The van der Waals surface area contributed by atoms with Gasteiger partial charge in [0.1, 0.15) is 0 Å². The lowest BCUT2D eigenvalue weighted by atomic mass is 9.78. The third kappa shape index (κ3) is 5.09. The molecule has 0 radical (unpaired) electrons. The fourth-order valence-electron chi connectivity index (χ4n) is 5.05. The second-order valence-electron chi connectivity index (χ2n) is 8.60. The highest BCUT2D eigenvalue weighted by molar-refractivity contribution is 5.19. The number of rotatable bonds is 6. The van der Waals surface area contributed by atoms with Crippen LogP contribution >= 0.6 is 0 Å². The van der Waals surface area contributed by atoms with E-state index in [0.717, 1.165) is 25.0 Å². The number of piperidine rings is 1. The summed E-state index contributed by atoms with van der Waals surface area (Å²) in [7, 11) is 0. The maximum atomic E-state index is 6.12. The van der Waals surface area contributed by atoms with Crippen LogP contribution in [0.4, 0.5) is 0 Å². The fourth-order valence-corrected chi connectivity index (χ4v) is 5.05. The molecule has 0 unspecified atom stereocenters. The number of ether oxygens (including phenoxy) is 2. The van der Waals surface area contributed by atoms with Gasteiger partial charge in [0.2, 0.25) is 0 Å². The van der Waals surface area contributed by atoms with Gasteiger partial charge in [-0.1, -0.05) is 30.3 Å². The van der Waals surface area contributed by atoms with Crippen LogP contribution < -0.4 is 0 Å². The van der Waals surface area contributed by atoms with Crippen molar-refractivity contribution in [3.63, 3.8) is 0 Å². The maximum absolute atomic E-state index is 6.12. The van der Waals surface area contributed by atoms with Gasteiger partial charge in [0, 0.05) is 26.2 Å². The van der Waals surface area contributed by atoms with Crippen molar-refractivity contribution >= 4 is 0 Å². The summed E-state index contributed by atoms with van der Waals surface area (Å²) in [6.45, 7) is 5.48. The summed E-state index contributed by atoms with van der Waals surface area (Å²) < 4.78 is 11.8. The van der Waals surface area contributed by atoms with Crippen molar-refractivity contribution in [1.29, 1.82) is 0 Å². The van der Waals surface area contributed by atoms with E-state index in [0.29, 0.717) is 12.2 Å². The Morgan fingerprint density at radius 1 is 0.923 bits per heavy atom. The van der Waals surface area contributed by atoms with Gasteiger partial charge in [0.15, 0.2) is 0 Å². The van der Waals surface area contributed by atoms with E-state index in [1.165, 1.54) is 71.0 Å². The largest absolute Gasteiger partial charge is 0.376 e. The van der Waals surface area contributed by atoms with Gasteiger partial charge in [-0.3, -0.25) is 0 Å². The first kappa shape index (κ1) is 18.5. The van der Waals surface area contributed by atoms with Gasteiger partial charge >= 0.3 is 0 Å². The van der Waals surface area contributed by atoms with E-state index in [1.807, 2.05) is 0 Å². The number of nitrogens with zero attached hydrogens (tertiary/aromatic N) is 1. The van der Waals surface area contributed by atoms with Gasteiger partial charge in [-0.15, -0.1) is 0 Å². The van der Waals surface area contributed by atoms with Gasteiger partial charge in [-0.05, 0) is 68.8 Å². The Kier molecular flexibility index (Phi) is 6.63. The van der Waals surface area contributed by atoms with E-state index in [4.69, 9.17) is 9.47 Å². The van der Waals surface area contributed by atoms with Gasteiger partial charge in [-0.2, -0.15) is 0 Å². The zero-order valence-electron chi connectivity index (χ0n) is 16.2. The minimum atomic E-state index is 0.368. The van der Waals surface area contributed by atoms with Crippen molar-refractivity contribution in [2.75, 3.05) is 32.8 Å². The molecule has 0 bridgehead atoms. The molecule has 2 heterocycles. The third-order valence-electron chi connectivity index (χ3n) is 6.71. The lowest BCUT2D eigenvalue weighted by Gasteiger charge is -2.36. The van der Waals surface area contributed by atoms with E-state index in [9.17, 15) is 0 Å². The molecule has 2 aliphatic heterocycles. The summed E-state index contributed by atoms with van der Waals surface area (Å²) >= 11 is 0. The van der Waals surface area contributed by atoms with Crippen molar-refractivity contribution in [3.05, 3.63) is 35.9 Å². The van der Waals surface area contributed by atoms with Crippen LogP contribution in [-0.2, 0) is 9.47 Å². The van der Waals surface area contributed by atoms with Gasteiger partial charge in [0.05, 0.1) is 18.8 Å². The lowest BCUT2D eigenvalue weighted by molar-refractivity contribution is -0.0435. The van der Waals surface area contributed by atoms with Gasteiger partial charge < -0.3 is 14.4 Å². The Morgan fingerprint density at radius 3 is 2.38 bits per heavy atom. The number of likely N-dealkylation sites (tertiary alicyclic amines) is 1. The second-order valence-corrected chi connectivity index (χ2v) is 8.60. The first-order valence-electron chi connectivity index (χ1n) is 10.9. The molecule has 3 heteroatoms. The Hall–Kier alpha value is -0.900. The van der Waals surface area contributed by atoms with Crippen molar-refractivity contribution in [2.24, 2.45) is 5.92 Å². The second kappa shape index (κ2) is 9.34. The molecule has 1 atom stereocenters. The summed E-state index contributed by atoms with van der Waals surface area (Å²) in [6.07, 6.45) is 11.2. The van der Waals surface area contributed by atoms with E-state index < -0.39 is 0 Å². The van der Waals surface area contributed by atoms with Crippen LogP contribution in [0.2, 0.25) is 0 Å². The van der Waals surface area contributed by atoms with E-state index >= 15 is 0 Å². The van der Waals surface area contributed by atoms with Crippen molar-refractivity contribution in [1.82, 2.24) is 4.90 Å². The zero-order valence-corrected chi connectivity index (χ0v) is 16.2. The molecular formula is C23H35NO2. The molecule has 3 fully saturated rings. The predicted molar refractivity (Wildman–Crippen MR) is 106 cm³/mol. The lowest BCUT2D eigenvalue weighted by Crippen LogP contribution is -2.40. The van der Waals surface area contributed by atoms with Crippen molar-refractivity contribution < 1.29 is 9.47 Å². The molecule has 3 nitrogen and oxygen atoms in total. The average Bonchev–Trinajstić information content (AvgIpc) is 3.22. The zero-order chi connectivity index (χ0) is 17.6. The molecule has 3 aliphatic rings. The summed E-state index contributed by atoms with van der Waals surface area (Å²) in [4.78, 5) is 2.69. The monoisotopic (exact) mass is 357 g/mol. The number of hydrogen-bond acceptors (Lipinski definition) is 3. The smallest absolute Gasteiger partial charge is 0.0809 e. The molecule has 2 saturated heterocycles. The molecule has 0 aromatic heterocycles. The molecule has 1 aromatic rings. The summed E-state index contributed by atoms with van der Waals surface area (Å²) in [5, 5.41) is 0. The van der Waals surface area contributed by atoms with Crippen LogP contribution in [0.25, 0.3) is 0 Å². The quantitative estimate of drug-likeness (QED) is 0.741. The van der Waals surface area contributed by atoms with E-state index in [-0.39, 0.29) is 0 Å². The third-order valence-corrected chi connectivity index (χ3v) is 6.71. The predicted octanol–water partition coefficient (Wildman–Crippen LogP) is 4.62. The molecule has 144 valence electrons. The van der Waals surface area contributed by atoms with Crippen LogP contribution in [-0.4, -0.2) is 50.0 Å². The summed E-state index contributed by atoms with van der Waals surface area (Å²) in [5.41, 5.74) is 1.55. The van der Waals surface area contributed by atoms with E-state index in [2.05, 4.69) is 35.2 Å². The molecule has 0 amide bonds. The number of benzene rings is 1. The highest BCUT2D eigenvalue weighted by Gasteiger charge is 2.27. The van der Waals surface area contributed by atoms with Gasteiger partial charge in [-0.25, -0.2) is 0 Å². The molecule has 1 aromatic carbocycles. The van der Waals surface area contributed by atoms with E-state index in [1.54, 1.807) is 5.56 Å². The average molecular weight is 358 g/mol. The Morgan fingerprint density at radius 2 is 1.69 bits per heavy atom. The number of hydrogen-bond donors (Lipinski definition) is 0. The summed E-state index contributed by atoms with van der Waals surface area (Å²) in [6, 6.07) is 11.1. The molecule has 1 aliphatic carbocycles. The molecule has 1 saturated carbocycles. The molecule has 26 heavy (non-hydrogen) atoms. The molecular weight excluding hydrogens is 322 g/mol. The molecule has 0 spiro atoms. The van der Waals surface area contributed by atoms with Crippen molar-refractivity contribution in [3.8, 4) is 0 Å². The SMILES string of the molecule is c1ccc(C2CCC(CN3CCC(OC[C@@H]4CCCO4)CC3)CC2)cc1. The Labute approximate surface area is 159 Å². The normalized spacial score (nSPS) is 31.3. The van der Waals surface area contributed by atoms with Crippen LogP contribution in [0.15, 0.2) is 30.3 Å². The Bertz CT molecular complexity index is 512. The first-order valence-corrected chi connectivity index (χ1v) is 10.9. The highest BCUT2D eigenvalue weighted by Crippen LogP contribution is 2.36. The maximum Gasteiger partial charge on any atom is 0.0809 e. The van der Waals surface area contributed by atoms with Crippen LogP contribution in [0.3, 0.4) is 0 Å². The summed E-state index contributed by atoms with van der Waals surface area (Å²) in [5.74, 6) is 1.70. The minimum Gasteiger partial charge on any atom is -0.376 e. The molecule has 0 N–H and O–H groups in total. The van der Waals surface area contributed by atoms with Crippen LogP contribution in [0, 0.1) is 5.92 Å². The minimum absolute atomic E-state index is 0.368.